The van der Waals surface area contributed by atoms with Crippen molar-refractivity contribution in [1.82, 2.24) is 16.0 Å². The molecule has 9 heteroatoms. The number of allylic oxidation sites excluding steroid dienone is 1. The lowest BCUT2D eigenvalue weighted by atomic mass is 9.93. The van der Waals surface area contributed by atoms with Gasteiger partial charge in [0.1, 0.15) is 29.6 Å². The number of ether oxygens (including phenoxy) is 3. The molecule has 0 amide bonds. The predicted molar refractivity (Wildman–Crippen MR) is 146 cm³/mol. The average Bonchev–Trinajstić information content (AvgIpc) is 3.39. The fourth-order valence-electron chi connectivity index (χ4n) is 4.29. The molecule has 0 saturated carbocycles. The summed E-state index contributed by atoms with van der Waals surface area (Å²) in [6.07, 6.45) is 3.86. The van der Waals surface area contributed by atoms with E-state index in [0.29, 0.717) is 53.8 Å². The van der Waals surface area contributed by atoms with Crippen LogP contribution in [0.5, 0.6) is 17.2 Å². The molecule has 38 heavy (non-hydrogen) atoms. The maximum absolute atomic E-state index is 11.2. The number of carbonyl (C=O) groups is 2. The van der Waals surface area contributed by atoms with E-state index in [1.54, 1.807) is 17.3 Å². The van der Waals surface area contributed by atoms with Gasteiger partial charge in [-0.1, -0.05) is 41.9 Å². The number of aldehydes is 2. The van der Waals surface area contributed by atoms with Gasteiger partial charge in [0.15, 0.2) is 12.6 Å². The smallest absolute Gasteiger partial charge is 0.169 e. The van der Waals surface area contributed by atoms with Crippen LogP contribution in [0.4, 0.5) is 0 Å². The lowest BCUT2D eigenvalue weighted by molar-refractivity contribution is -0.106. The van der Waals surface area contributed by atoms with E-state index in [0.717, 1.165) is 46.3 Å². The number of hydrogen-bond donors (Lipinski definition) is 2. The fraction of sp³-hybridized carbons (Fsp3) is 0.241. The summed E-state index contributed by atoms with van der Waals surface area (Å²) in [5.74, 6) is 1.67. The normalized spacial score (nSPS) is 12.5. The van der Waals surface area contributed by atoms with Crippen LogP contribution in [-0.4, -0.2) is 37.8 Å². The van der Waals surface area contributed by atoms with Crippen LogP contribution in [0.3, 0.4) is 0 Å². The number of methoxy groups -OCH3 is 1. The molecule has 0 aliphatic carbocycles. The van der Waals surface area contributed by atoms with Crippen LogP contribution in [0, 0.1) is 13.8 Å². The zero-order valence-corrected chi connectivity index (χ0v) is 22.3. The molecular weight excluding hydrogens is 506 g/mol. The number of nitrogens with one attached hydrogen (secondary N) is 2. The van der Waals surface area contributed by atoms with Gasteiger partial charge in [-0.05, 0) is 53.8 Å². The minimum Gasteiger partial charge on any atom is -0.496 e. The molecule has 0 fully saturated rings. The molecule has 0 spiro atoms. The van der Waals surface area contributed by atoms with Crippen molar-refractivity contribution in [3.63, 3.8) is 0 Å². The van der Waals surface area contributed by atoms with E-state index >= 15 is 0 Å². The van der Waals surface area contributed by atoms with Crippen molar-refractivity contribution in [2.75, 3.05) is 20.3 Å². The highest BCUT2D eigenvalue weighted by Gasteiger charge is 2.15. The van der Waals surface area contributed by atoms with Gasteiger partial charge < -0.3 is 19.6 Å². The summed E-state index contributed by atoms with van der Waals surface area (Å²) in [5, 5.41) is 2.09. The number of carbonyl (C=O) groups excluding carboxylic acids is 2. The summed E-state index contributed by atoms with van der Waals surface area (Å²) in [4.78, 5) is 22.3. The van der Waals surface area contributed by atoms with Gasteiger partial charge >= 0.3 is 0 Å². The SMILES string of the molecule is COc1cc(OCc2cccc(-c3cccc(OCCCN4NNC=C4C=O)c3C)c2C)c(Cl)cc1C=O. The van der Waals surface area contributed by atoms with Gasteiger partial charge in [-0.2, -0.15) is 0 Å². The van der Waals surface area contributed by atoms with E-state index in [9.17, 15) is 9.59 Å². The van der Waals surface area contributed by atoms with Gasteiger partial charge in [0, 0.05) is 25.2 Å². The third-order valence-corrected chi connectivity index (χ3v) is 6.75. The number of halogens is 1. The van der Waals surface area contributed by atoms with Gasteiger partial charge in [-0.15, -0.1) is 5.53 Å². The Bertz CT molecular complexity index is 1360. The van der Waals surface area contributed by atoms with Crippen molar-refractivity contribution in [3.8, 4) is 28.4 Å². The molecule has 1 heterocycles. The van der Waals surface area contributed by atoms with Gasteiger partial charge in [0.2, 0.25) is 0 Å². The molecule has 1 aliphatic heterocycles. The van der Waals surface area contributed by atoms with E-state index < -0.39 is 0 Å². The Morgan fingerprint density at radius 2 is 1.68 bits per heavy atom. The van der Waals surface area contributed by atoms with Crippen molar-refractivity contribution in [2.24, 2.45) is 0 Å². The topological polar surface area (TPSA) is 89.1 Å². The van der Waals surface area contributed by atoms with Crippen LogP contribution in [-0.2, 0) is 11.4 Å². The Kier molecular flexibility index (Phi) is 8.89. The minimum atomic E-state index is 0.300. The second-order valence-corrected chi connectivity index (χ2v) is 9.15. The second-order valence-electron chi connectivity index (χ2n) is 8.75. The largest absolute Gasteiger partial charge is 0.496 e. The van der Waals surface area contributed by atoms with Crippen LogP contribution in [0.2, 0.25) is 5.02 Å². The quantitative estimate of drug-likeness (QED) is 0.243. The minimum absolute atomic E-state index is 0.300. The Hall–Kier alpha value is -4.01. The first-order valence-electron chi connectivity index (χ1n) is 12.2. The first kappa shape index (κ1) is 27.0. The molecule has 0 aromatic heterocycles. The number of rotatable bonds is 12. The van der Waals surface area contributed by atoms with Gasteiger partial charge in [0.05, 0.1) is 24.3 Å². The van der Waals surface area contributed by atoms with E-state index in [-0.39, 0.29) is 0 Å². The zero-order chi connectivity index (χ0) is 27.1. The highest BCUT2D eigenvalue weighted by Crippen LogP contribution is 2.35. The molecule has 0 atom stereocenters. The summed E-state index contributed by atoms with van der Waals surface area (Å²) in [7, 11) is 1.50. The molecular formula is C29H30ClN3O5. The van der Waals surface area contributed by atoms with E-state index in [1.807, 2.05) is 31.2 Å². The maximum atomic E-state index is 11.2. The van der Waals surface area contributed by atoms with Crippen LogP contribution >= 0.6 is 11.6 Å². The number of hydrazine groups is 2. The Labute approximate surface area is 227 Å². The number of nitrogens with zero attached hydrogens (tertiary/aromatic N) is 1. The molecule has 198 valence electrons. The lowest BCUT2D eigenvalue weighted by Crippen LogP contribution is -2.38. The Balaban J connectivity index is 1.45. The third kappa shape index (κ3) is 5.93. The van der Waals surface area contributed by atoms with Crippen molar-refractivity contribution in [2.45, 2.75) is 26.9 Å². The van der Waals surface area contributed by atoms with E-state index in [2.05, 4.69) is 30.0 Å². The highest BCUT2D eigenvalue weighted by molar-refractivity contribution is 6.32. The lowest BCUT2D eigenvalue weighted by Gasteiger charge is -2.19. The fourth-order valence-corrected chi connectivity index (χ4v) is 4.52. The van der Waals surface area contributed by atoms with Crippen molar-refractivity contribution >= 4 is 24.2 Å². The molecule has 3 aromatic carbocycles. The molecule has 0 unspecified atom stereocenters. The van der Waals surface area contributed by atoms with Crippen molar-refractivity contribution < 1.29 is 23.8 Å². The maximum Gasteiger partial charge on any atom is 0.169 e. The van der Waals surface area contributed by atoms with Crippen LogP contribution in [0.15, 0.2) is 60.4 Å². The summed E-state index contributed by atoms with van der Waals surface area (Å²) in [5.41, 5.74) is 11.9. The van der Waals surface area contributed by atoms with Crippen molar-refractivity contribution in [1.29, 1.82) is 0 Å². The Morgan fingerprint density at radius 1 is 0.921 bits per heavy atom. The molecule has 8 nitrogen and oxygen atoms in total. The molecule has 3 aromatic rings. The molecule has 4 rings (SSSR count). The Morgan fingerprint density at radius 3 is 2.42 bits per heavy atom. The average molecular weight is 536 g/mol. The monoisotopic (exact) mass is 535 g/mol. The van der Waals surface area contributed by atoms with E-state index in [4.69, 9.17) is 25.8 Å². The highest BCUT2D eigenvalue weighted by atomic mass is 35.5. The zero-order valence-electron chi connectivity index (χ0n) is 21.5. The van der Waals surface area contributed by atoms with Crippen LogP contribution in [0.1, 0.15) is 33.5 Å². The first-order chi connectivity index (χ1) is 18.5. The number of hydrogen-bond acceptors (Lipinski definition) is 8. The summed E-state index contributed by atoms with van der Waals surface area (Å²) >= 11 is 6.33. The number of benzene rings is 3. The standard InChI is InChI=1S/C29H30ClN3O5/c1-19-21(18-38-29-14-28(36-3)22(16-34)13-26(29)30)7-4-8-24(19)25-9-5-10-27(20(25)2)37-12-6-11-33-23(17-35)15-31-32-33/h4-5,7-10,13-17,31-32H,6,11-12,18H2,1-3H3. The first-order valence-corrected chi connectivity index (χ1v) is 12.6. The molecule has 0 saturated heterocycles. The van der Waals surface area contributed by atoms with Crippen LogP contribution in [0.25, 0.3) is 11.1 Å². The molecule has 1 aliphatic rings. The van der Waals surface area contributed by atoms with E-state index in [1.165, 1.54) is 13.2 Å². The van der Waals surface area contributed by atoms with Crippen LogP contribution < -0.4 is 25.2 Å². The second kappa shape index (κ2) is 12.5. The van der Waals surface area contributed by atoms with Gasteiger partial charge in [-0.25, -0.2) is 0 Å². The summed E-state index contributed by atoms with van der Waals surface area (Å²) in [6.45, 7) is 5.55. The summed E-state index contributed by atoms with van der Waals surface area (Å²) in [6, 6.07) is 15.3. The van der Waals surface area contributed by atoms with Gasteiger partial charge in [-0.3, -0.25) is 14.6 Å². The molecule has 0 radical (unpaired) electrons. The van der Waals surface area contributed by atoms with Crippen molar-refractivity contribution in [3.05, 3.63) is 87.7 Å². The third-order valence-electron chi connectivity index (χ3n) is 6.45. The predicted octanol–water partition coefficient (Wildman–Crippen LogP) is 5.16. The molecule has 2 N–H and O–H groups in total. The molecule has 0 bridgehead atoms. The van der Waals surface area contributed by atoms with Gasteiger partial charge in [0.25, 0.3) is 0 Å². The summed E-state index contributed by atoms with van der Waals surface area (Å²) < 4.78 is 17.4.